The number of amides is 1. The topological polar surface area (TPSA) is 68.5 Å². The van der Waals surface area contributed by atoms with Crippen molar-refractivity contribution in [3.63, 3.8) is 0 Å². The Kier molecular flexibility index (Phi) is 6.00. The van der Waals surface area contributed by atoms with E-state index in [0.29, 0.717) is 17.4 Å². The molecule has 2 aromatic rings. The van der Waals surface area contributed by atoms with Crippen LogP contribution in [0.1, 0.15) is 48.9 Å². The minimum atomic E-state index is -0.316. The molecule has 0 N–H and O–H groups in total. The van der Waals surface area contributed by atoms with Crippen LogP contribution in [-0.4, -0.2) is 47.3 Å². The van der Waals surface area contributed by atoms with E-state index in [1.54, 1.807) is 18.2 Å². The minimum absolute atomic E-state index is 0.00559. The molecule has 150 valence electrons. The predicted molar refractivity (Wildman–Crippen MR) is 100 cm³/mol. The maximum absolute atomic E-state index is 13.8. The van der Waals surface area contributed by atoms with E-state index in [0.717, 1.165) is 70.1 Å². The summed E-state index contributed by atoms with van der Waals surface area (Å²) in [5, 5.41) is 4.12. The van der Waals surface area contributed by atoms with Crippen LogP contribution in [0.4, 0.5) is 4.39 Å². The Morgan fingerprint density at radius 3 is 2.86 bits per heavy atom. The molecule has 0 bridgehead atoms. The lowest BCUT2D eigenvalue weighted by Crippen LogP contribution is -2.30. The summed E-state index contributed by atoms with van der Waals surface area (Å²) in [5.41, 5.74) is 0.461. The minimum Gasteiger partial charge on any atom is -0.381 e. The van der Waals surface area contributed by atoms with E-state index in [-0.39, 0.29) is 18.1 Å². The van der Waals surface area contributed by atoms with Gasteiger partial charge in [0.2, 0.25) is 11.8 Å². The van der Waals surface area contributed by atoms with Crippen LogP contribution in [0.25, 0.3) is 0 Å². The molecular formula is C21H26FN3O3. The van der Waals surface area contributed by atoms with Crippen molar-refractivity contribution in [3.8, 4) is 0 Å². The van der Waals surface area contributed by atoms with Crippen molar-refractivity contribution in [2.75, 3.05) is 26.3 Å². The van der Waals surface area contributed by atoms with Gasteiger partial charge in [0.1, 0.15) is 5.82 Å². The van der Waals surface area contributed by atoms with Crippen LogP contribution in [-0.2, 0) is 22.4 Å². The van der Waals surface area contributed by atoms with Crippen molar-refractivity contribution in [2.24, 2.45) is 5.92 Å². The van der Waals surface area contributed by atoms with E-state index in [9.17, 15) is 9.18 Å². The molecule has 1 amide bonds. The summed E-state index contributed by atoms with van der Waals surface area (Å²) < 4.78 is 24.6. The number of carbonyl (C=O) groups excluding carboxylic acids is 1. The molecule has 0 aliphatic carbocycles. The quantitative estimate of drug-likeness (QED) is 0.762. The van der Waals surface area contributed by atoms with Crippen LogP contribution in [0, 0.1) is 11.7 Å². The maximum atomic E-state index is 13.8. The first-order valence-electron chi connectivity index (χ1n) is 10.1. The van der Waals surface area contributed by atoms with Crippen molar-refractivity contribution < 1.29 is 18.4 Å². The number of likely N-dealkylation sites (tertiary alicyclic amines) is 1. The van der Waals surface area contributed by atoms with Crippen LogP contribution in [0.2, 0.25) is 0 Å². The van der Waals surface area contributed by atoms with Crippen molar-refractivity contribution in [2.45, 2.75) is 44.4 Å². The average Bonchev–Trinajstić information content (AvgIpc) is 3.38. The number of ether oxygens (including phenoxy) is 1. The number of rotatable bonds is 6. The average molecular weight is 387 g/mol. The number of halogens is 1. The fourth-order valence-electron chi connectivity index (χ4n) is 4.02. The zero-order valence-electron chi connectivity index (χ0n) is 16.0. The van der Waals surface area contributed by atoms with Crippen LogP contribution >= 0.6 is 0 Å². The molecule has 4 rings (SSSR count). The van der Waals surface area contributed by atoms with Crippen LogP contribution in [0.15, 0.2) is 28.8 Å². The van der Waals surface area contributed by atoms with E-state index >= 15 is 0 Å². The van der Waals surface area contributed by atoms with Crippen LogP contribution in [0.5, 0.6) is 0 Å². The predicted octanol–water partition coefficient (Wildman–Crippen LogP) is 3.13. The first kappa shape index (κ1) is 19.1. The third-order valence-electron chi connectivity index (χ3n) is 5.77. The lowest BCUT2D eigenvalue weighted by Gasteiger charge is -2.18. The number of nitrogens with zero attached hydrogens (tertiary/aromatic N) is 3. The second kappa shape index (κ2) is 8.82. The molecule has 2 aliphatic rings. The summed E-state index contributed by atoms with van der Waals surface area (Å²) in [7, 11) is 0. The van der Waals surface area contributed by atoms with Crippen molar-refractivity contribution in [1.29, 1.82) is 0 Å². The zero-order chi connectivity index (χ0) is 19.3. The Hall–Kier alpha value is -2.28. The highest BCUT2D eigenvalue weighted by atomic mass is 19.1. The highest BCUT2D eigenvalue weighted by Crippen LogP contribution is 2.26. The standard InChI is InChI=1S/C21H26FN3O3/c22-18-4-2-1-3-17(18)13-20(26)25-10-7-15(14-25)5-6-19-23-21(28-24-19)16-8-11-27-12-9-16/h1-4,15-16H,5-14H2. The Balaban J connectivity index is 1.24. The van der Waals surface area contributed by atoms with Crippen molar-refractivity contribution in [3.05, 3.63) is 47.4 Å². The first-order chi connectivity index (χ1) is 13.7. The van der Waals surface area contributed by atoms with E-state index in [2.05, 4.69) is 10.1 Å². The Morgan fingerprint density at radius 1 is 1.21 bits per heavy atom. The molecule has 1 atom stereocenters. The van der Waals surface area contributed by atoms with Crippen molar-refractivity contribution >= 4 is 5.91 Å². The molecule has 7 heteroatoms. The SMILES string of the molecule is O=C(Cc1ccccc1F)N1CCC(CCc2noc(C3CCOCC3)n2)C1. The normalized spacial score (nSPS) is 20.6. The molecule has 2 fully saturated rings. The van der Waals surface area contributed by atoms with Gasteiger partial charge < -0.3 is 14.2 Å². The van der Waals surface area contributed by atoms with Gasteiger partial charge in [-0.1, -0.05) is 23.4 Å². The van der Waals surface area contributed by atoms with Gasteiger partial charge in [-0.25, -0.2) is 4.39 Å². The Morgan fingerprint density at radius 2 is 2.04 bits per heavy atom. The molecule has 0 radical (unpaired) electrons. The molecule has 2 saturated heterocycles. The van der Waals surface area contributed by atoms with Crippen LogP contribution in [0.3, 0.4) is 0 Å². The second-order valence-corrected chi connectivity index (χ2v) is 7.74. The molecule has 28 heavy (non-hydrogen) atoms. The van der Waals surface area contributed by atoms with Gasteiger partial charge in [-0.2, -0.15) is 4.98 Å². The number of carbonyl (C=O) groups is 1. The summed E-state index contributed by atoms with van der Waals surface area (Å²) in [6, 6.07) is 6.47. The molecule has 2 aliphatic heterocycles. The number of aryl methyl sites for hydroxylation is 1. The fourth-order valence-corrected chi connectivity index (χ4v) is 4.02. The highest BCUT2D eigenvalue weighted by molar-refractivity contribution is 5.79. The second-order valence-electron chi connectivity index (χ2n) is 7.74. The van der Waals surface area contributed by atoms with Crippen LogP contribution < -0.4 is 0 Å². The summed E-state index contributed by atoms with van der Waals surface area (Å²) in [6.45, 7) is 2.96. The Labute approximate surface area is 164 Å². The molecule has 1 unspecified atom stereocenters. The molecular weight excluding hydrogens is 361 g/mol. The van der Waals surface area contributed by atoms with Gasteiger partial charge in [-0.05, 0) is 43.2 Å². The van der Waals surface area contributed by atoms with E-state index in [4.69, 9.17) is 9.26 Å². The molecule has 6 nitrogen and oxygen atoms in total. The van der Waals surface area contributed by atoms with E-state index < -0.39 is 0 Å². The lowest BCUT2D eigenvalue weighted by molar-refractivity contribution is -0.129. The maximum Gasteiger partial charge on any atom is 0.229 e. The summed E-state index contributed by atoms with van der Waals surface area (Å²) in [5.74, 6) is 1.89. The van der Waals surface area contributed by atoms with Gasteiger partial charge in [0.25, 0.3) is 0 Å². The summed E-state index contributed by atoms with van der Waals surface area (Å²) in [6.07, 6.45) is 4.64. The first-order valence-corrected chi connectivity index (χ1v) is 10.1. The fraction of sp³-hybridized carbons (Fsp3) is 0.571. The van der Waals surface area contributed by atoms with Gasteiger partial charge in [-0.3, -0.25) is 4.79 Å². The van der Waals surface area contributed by atoms with Gasteiger partial charge in [0.05, 0.1) is 6.42 Å². The summed E-state index contributed by atoms with van der Waals surface area (Å²) >= 11 is 0. The third kappa shape index (κ3) is 4.58. The molecule has 3 heterocycles. The van der Waals surface area contributed by atoms with E-state index in [1.807, 2.05) is 4.90 Å². The molecule has 0 spiro atoms. The van der Waals surface area contributed by atoms with Gasteiger partial charge in [0.15, 0.2) is 5.82 Å². The van der Waals surface area contributed by atoms with Gasteiger partial charge in [-0.15, -0.1) is 0 Å². The highest BCUT2D eigenvalue weighted by Gasteiger charge is 2.27. The van der Waals surface area contributed by atoms with E-state index in [1.165, 1.54) is 6.07 Å². The summed E-state index contributed by atoms with van der Waals surface area (Å²) in [4.78, 5) is 18.9. The molecule has 1 aromatic heterocycles. The zero-order valence-corrected chi connectivity index (χ0v) is 16.0. The third-order valence-corrected chi connectivity index (χ3v) is 5.77. The number of aromatic nitrogens is 2. The number of benzene rings is 1. The lowest BCUT2D eigenvalue weighted by atomic mass is 10.0. The number of hydrogen-bond acceptors (Lipinski definition) is 5. The van der Waals surface area contributed by atoms with Gasteiger partial charge >= 0.3 is 0 Å². The molecule has 0 saturated carbocycles. The van der Waals surface area contributed by atoms with Crippen molar-refractivity contribution in [1.82, 2.24) is 15.0 Å². The van der Waals surface area contributed by atoms with Gasteiger partial charge in [0, 0.05) is 38.6 Å². The smallest absolute Gasteiger partial charge is 0.229 e. The molecule has 1 aromatic carbocycles. The number of hydrogen-bond donors (Lipinski definition) is 0. The monoisotopic (exact) mass is 387 g/mol. The largest absolute Gasteiger partial charge is 0.381 e. The Bertz CT molecular complexity index is 804.